The van der Waals surface area contributed by atoms with E-state index in [0.717, 1.165) is 5.57 Å². The van der Waals surface area contributed by atoms with Gasteiger partial charge in [0, 0.05) is 17.4 Å². The number of esters is 3. The molecule has 1 heterocycles. The third-order valence-corrected chi connectivity index (χ3v) is 6.73. The van der Waals surface area contributed by atoms with Crippen LogP contribution < -0.4 is 0 Å². The average Bonchev–Trinajstić information content (AvgIpc) is 2.95. The first-order valence-electron chi connectivity index (χ1n) is 8.92. The molecule has 2 fully saturated rings. The molecule has 26 heavy (non-hydrogen) atoms. The van der Waals surface area contributed by atoms with Gasteiger partial charge in [0.1, 0.15) is 11.5 Å². The Morgan fingerprint density at radius 2 is 1.96 bits per heavy atom. The fourth-order valence-electron chi connectivity index (χ4n) is 4.62. The number of allylic oxidation sites excluding steroid dienone is 2. The molecule has 1 spiro atoms. The van der Waals surface area contributed by atoms with Crippen LogP contribution in [0.1, 0.15) is 47.5 Å². The maximum Gasteiger partial charge on any atom is 0.333 e. The van der Waals surface area contributed by atoms with Gasteiger partial charge in [0.25, 0.3) is 0 Å². The molecular weight excluding hydrogens is 336 g/mol. The van der Waals surface area contributed by atoms with E-state index in [2.05, 4.69) is 0 Å². The lowest BCUT2D eigenvalue weighted by Gasteiger charge is -2.42. The summed E-state index contributed by atoms with van der Waals surface area (Å²) in [6.07, 6.45) is 2.84. The molecule has 0 unspecified atom stereocenters. The Morgan fingerprint density at radius 1 is 1.31 bits per heavy atom. The smallest absolute Gasteiger partial charge is 0.333 e. The molecule has 6 heteroatoms. The van der Waals surface area contributed by atoms with Crippen molar-refractivity contribution in [2.75, 3.05) is 0 Å². The lowest BCUT2D eigenvalue weighted by Crippen LogP contribution is -2.51. The second kappa shape index (κ2) is 5.89. The van der Waals surface area contributed by atoms with Crippen molar-refractivity contribution in [3.63, 3.8) is 0 Å². The van der Waals surface area contributed by atoms with E-state index < -0.39 is 40.8 Å². The molecule has 0 aromatic carbocycles. The number of carbonyl (C=O) groups excluding carboxylic acids is 4. The molecule has 5 atom stereocenters. The van der Waals surface area contributed by atoms with E-state index in [1.165, 1.54) is 0 Å². The van der Waals surface area contributed by atoms with E-state index in [4.69, 9.17) is 9.47 Å². The van der Waals surface area contributed by atoms with E-state index in [1.807, 2.05) is 13.8 Å². The van der Waals surface area contributed by atoms with Crippen molar-refractivity contribution in [1.82, 2.24) is 0 Å². The van der Waals surface area contributed by atoms with Crippen LogP contribution in [-0.2, 0) is 28.7 Å². The first-order chi connectivity index (χ1) is 12.1. The van der Waals surface area contributed by atoms with E-state index in [1.54, 1.807) is 32.9 Å². The Morgan fingerprint density at radius 3 is 2.50 bits per heavy atom. The molecule has 2 aliphatic carbocycles. The highest BCUT2D eigenvalue weighted by atomic mass is 16.6. The first kappa shape index (κ1) is 18.5. The number of cyclic esters (lactones) is 2. The minimum absolute atomic E-state index is 0.0120. The molecule has 0 aromatic rings. The van der Waals surface area contributed by atoms with Gasteiger partial charge in [0.05, 0.1) is 5.92 Å². The fraction of sp³-hybridized carbons (Fsp3) is 0.600. The summed E-state index contributed by atoms with van der Waals surface area (Å²) in [6.45, 7) is 8.82. The van der Waals surface area contributed by atoms with Crippen molar-refractivity contribution in [2.24, 2.45) is 22.7 Å². The number of rotatable bonds is 2. The van der Waals surface area contributed by atoms with Gasteiger partial charge in [0.15, 0.2) is 5.78 Å². The van der Waals surface area contributed by atoms with Crippen molar-refractivity contribution in [3.8, 4) is 0 Å². The van der Waals surface area contributed by atoms with Gasteiger partial charge >= 0.3 is 17.9 Å². The second-order valence-corrected chi connectivity index (χ2v) is 7.93. The Bertz CT molecular complexity index is 775. The highest BCUT2D eigenvalue weighted by molar-refractivity contribution is 6.01. The molecule has 0 aromatic heterocycles. The first-order valence-corrected chi connectivity index (χ1v) is 8.92. The van der Waals surface area contributed by atoms with Gasteiger partial charge in [-0.3, -0.25) is 14.4 Å². The van der Waals surface area contributed by atoms with Crippen LogP contribution in [0.25, 0.3) is 0 Å². The second-order valence-electron chi connectivity index (χ2n) is 7.93. The molecule has 1 aliphatic heterocycles. The monoisotopic (exact) mass is 360 g/mol. The van der Waals surface area contributed by atoms with Crippen LogP contribution in [0.15, 0.2) is 23.3 Å². The van der Waals surface area contributed by atoms with Crippen LogP contribution in [-0.4, -0.2) is 29.8 Å². The van der Waals surface area contributed by atoms with E-state index in [9.17, 15) is 19.2 Å². The highest BCUT2D eigenvalue weighted by Crippen LogP contribution is 2.64. The summed E-state index contributed by atoms with van der Waals surface area (Å²) in [6, 6.07) is 0. The topological polar surface area (TPSA) is 86.7 Å². The molecule has 0 bridgehead atoms. The SMILES string of the molecule is C/C=C(/C)C(=O)O[C@H]1[C@@]2(C)C(=CC(=O)C[C@@H]2C)C[C@@]12C(=O)OC(=O)[C@H]2C. The number of fused-ring (bicyclic) bond motifs is 1. The fourth-order valence-corrected chi connectivity index (χ4v) is 4.62. The van der Waals surface area contributed by atoms with Crippen LogP contribution in [0.4, 0.5) is 0 Å². The molecule has 6 nitrogen and oxygen atoms in total. The summed E-state index contributed by atoms with van der Waals surface area (Å²) in [5, 5.41) is 0. The van der Waals surface area contributed by atoms with Crippen LogP contribution in [0, 0.1) is 22.7 Å². The maximum atomic E-state index is 12.8. The van der Waals surface area contributed by atoms with Crippen molar-refractivity contribution < 1.29 is 28.7 Å². The third kappa shape index (κ3) is 2.24. The van der Waals surface area contributed by atoms with Gasteiger partial charge in [-0.05, 0) is 32.3 Å². The summed E-state index contributed by atoms with van der Waals surface area (Å²) in [5.74, 6) is -2.69. The molecule has 0 N–H and O–H groups in total. The largest absolute Gasteiger partial charge is 0.457 e. The minimum atomic E-state index is -1.28. The van der Waals surface area contributed by atoms with Gasteiger partial charge in [-0.2, -0.15) is 0 Å². The number of hydrogen-bond acceptors (Lipinski definition) is 6. The Kier molecular flexibility index (Phi) is 4.20. The summed E-state index contributed by atoms with van der Waals surface area (Å²) in [7, 11) is 0. The van der Waals surface area contributed by atoms with Crippen molar-refractivity contribution >= 4 is 23.7 Å². The number of ether oxygens (including phenoxy) is 2. The molecule has 0 amide bonds. The number of carbonyl (C=O) groups is 4. The average molecular weight is 360 g/mol. The van der Waals surface area contributed by atoms with E-state index in [-0.39, 0.29) is 18.1 Å². The normalized spacial score (nSPS) is 39.7. The molecule has 0 radical (unpaired) electrons. The Hall–Kier alpha value is -2.24. The summed E-state index contributed by atoms with van der Waals surface area (Å²) >= 11 is 0. The molecule has 1 saturated carbocycles. The lowest BCUT2D eigenvalue weighted by molar-refractivity contribution is -0.169. The molecule has 1 saturated heterocycles. The zero-order chi connectivity index (χ0) is 19.4. The predicted molar refractivity (Wildman–Crippen MR) is 91.6 cm³/mol. The zero-order valence-electron chi connectivity index (χ0n) is 15.8. The molecular formula is C20H24O6. The summed E-state index contributed by atoms with van der Waals surface area (Å²) in [4.78, 5) is 49.5. The van der Waals surface area contributed by atoms with Gasteiger partial charge < -0.3 is 9.47 Å². The van der Waals surface area contributed by atoms with Crippen molar-refractivity contribution in [1.29, 1.82) is 0 Å². The molecule has 140 valence electrons. The number of hydrogen-bond donors (Lipinski definition) is 0. The van der Waals surface area contributed by atoms with Crippen LogP contribution in [0.3, 0.4) is 0 Å². The van der Waals surface area contributed by atoms with Gasteiger partial charge in [-0.15, -0.1) is 0 Å². The van der Waals surface area contributed by atoms with Crippen LogP contribution >= 0.6 is 0 Å². The van der Waals surface area contributed by atoms with Gasteiger partial charge in [-0.25, -0.2) is 4.79 Å². The zero-order valence-corrected chi connectivity index (χ0v) is 15.8. The van der Waals surface area contributed by atoms with Gasteiger partial charge in [-0.1, -0.05) is 32.4 Å². The van der Waals surface area contributed by atoms with Crippen LogP contribution in [0.5, 0.6) is 0 Å². The Labute approximate surface area is 152 Å². The van der Waals surface area contributed by atoms with Gasteiger partial charge in [0.2, 0.25) is 0 Å². The van der Waals surface area contributed by atoms with Crippen molar-refractivity contribution in [2.45, 2.75) is 53.6 Å². The Balaban J connectivity index is 2.17. The molecule has 3 aliphatic rings. The third-order valence-electron chi connectivity index (χ3n) is 6.73. The van der Waals surface area contributed by atoms with E-state index >= 15 is 0 Å². The minimum Gasteiger partial charge on any atom is -0.457 e. The maximum absolute atomic E-state index is 12.8. The molecule has 3 rings (SSSR count). The lowest BCUT2D eigenvalue weighted by atomic mass is 9.64. The summed E-state index contributed by atoms with van der Waals surface area (Å²) in [5.41, 5.74) is -0.794. The standard InChI is InChI=1S/C20H24O6/c1-6-10(2)15(22)25-17-19(5)11(3)7-14(21)8-13(19)9-20(17)12(4)16(23)26-18(20)24/h6,8,11-12,17H,7,9H2,1-5H3/b10-6-/t11-,12+,17-,19+,20-/m0/s1. The quantitative estimate of drug-likeness (QED) is 0.427. The van der Waals surface area contributed by atoms with Crippen LogP contribution in [0.2, 0.25) is 0 Å². The predicted octanol–water partition coefficient (Wildman–Crippen LogP) is 2.52. The van der Waals surface area contributed by atoms with Crippen molar-refractivity contribution in [3.05, 3.63) is 23.3 Å². The number of ketones is 1. The van der Waals surface area contributed by atoms with E-state index in [0.29, 0.717) is 12.0 Å². The summed E-state index contributed by atoms with van der Waals surface area (Å²) < 4.78 is 10.8. The highest BCUT2D eigenvalue weighted by Gasteiger charge is 2.72.